The normalized spacial score (nSPS) is 10.5. The van der Waals surface area contributed by atoms with E-state index in [9.17, 15) is 19.3 Å². The lowest BCUT2D eigenvalue weighted by Gasteiger charge is -2.06. The van der Waals surface area contributed by atoms with Gasteiger partial charge in [0.05, 0.1) is 4.92 Å². The molecule has 1 aromatic heterocycles. The first-order valence-electron chi connectivity index (χ1n) is 6.54. The predicted octanol–water partition coefficient (Wildman–Crippen LogP) is 2.95. The summed E-state index contributed by atoms with van der Waals surface area (Å²) in [4.78, 5) is 22.3. The number of nitrogens with zero attached hydrogens (tertiary/aromatic N) is 2. The van der Waals surface area contributed by atoms with E-state index in [4.69, 9.17) is 4.74 Å². The Labute approximate surface area is 126 Å². The third-order valence-corrected chi connectivity index (χ3v) is 3.55. The summed E-state index contributed by atoms with van der Waals surface area (Å²) in [6.07, 6.45) is 0. The van der Waals surface area contributed by atoms with E-state index in [0.29, 0.717) is 5.56 Å². The lowest BCUT2D eigenvalue weighted by atomic mass is 10.1. The second-order valence-corrected chi connectivity index (χ2v) is 4.92. The molecule has 1 aromatic carbocycles. The van der Waals surface area contributed by atoms with Crippen LogP contribution in [0.5, 0.6) is 5.75 Å². The zero-order chi connectivity index (χ0) is 16.4. The van der Waals surface area contributed by atoms with Gasteiger partial charge in [-0.05, 0) is 26.0 Å². The third kappa shape index (κ3) is 2.98. The highest BCUT2D eigenvalue weighted by atomic mass is 19.1. The van der Waals surface area contributed by atoms with Crippen molar-refractivity contribution in [1.29, 1.82) is 0 Å². The van der Waals surface area contributed by atoms with Crippen LogP contribution in [0.4, 0.5) is 10.1 Å². The largest absolute Gasteiger partial charge is 0.478 e. The molecule has 0 fully saturated rings. The lowest BCUT2D eigenvalue weighted by molar-refractivity contribution is -0.385. The van der Waals surface area contributed by atoms with E-state index < -0.39 is 17.3 Å². The Morgan fingerprint density at radius 1 is 1.36 bits per heavy atom. The second kappa shape index (κ2) is 5.97. The lowest BCUT2D eigenvalue weighted by Crippen LogP contribution is -2.13. The van der Waals surface area contributed by atoms with E-state index in [2.05, 4.69) is 0 Å². The number of carbonyl (C=O) groups is 1. The minimum absolute atomic E-state index is 0.261. The molecule has 116 valence electrons. The molecule has 2 aromatic rings. The zero-order valence-corrected chi connectivity index (χ0v) is 12.4. The Kier molecular flexibility index (Phi) is 4.25. The molecule has 0 unspecified atom stereocenters. The van der Waals surface area contributed by atoms with Gasteiger partial charge in [0.25, 0.3) is 0 Å². The minimum atomic E-state index is -0.683. The van der Waals surface area contributed by atoms with E-state index in [-0.39, 0.29) is 17.2 Å². The number of aryl methyl sites for hydroxylation is 1. The van der Waals surface area contributed by atoms with Gasteiger partial charge in [0, 0.05) is 36.1 Å². The van der Waals surface area contributed by atoms with Crippen molar-refractivity contribution in [3.8, 4) is 5.75 Å². The van der Waals surface area contributed by atoms with Gasteiger partial charge >= 0.3 is 5.69 Å². The molecule has 0 radical (unpaired) electrons. The standard InChI is InChI=1S/C15H15FN2O4/c1-9-6-12(10(2)17(9)3)14(19)8-22-15-7-11(16)4-5-13(15)18(20)21/h4-7H,8H2,1-3H3. The monoisotopic (exact) mass is 306 g/mol. The molecule has 0 spiro atoms. The van der Waals surface area contributed by atoms with Crippen molar-refractivity contribution in [2.24, 2.45) is 7.05 Å². The van der Waals surface area contributed by atoms with Crippen molar-refractivity contribution in [3.05, 3.63) is 57.1 Å². The highest BCUT2D eigenvalue weighted by molar-refractivity contribution is 5.98. The first kappa shape index (κ1) is 15.7. The number of rotatable bonds is 5. The average molecular weight is 306 g/mol. The molecule has 2 rings (SSSR count). The Bertz CT molecular complexity index is 752. The molecule has 0 N–H and O–H groups in total. The van der Waals surface area contributed by atoms with Crippen LogP contribution in [0.25, 0.3) is 0 Å². The van der Waals surface area contributed by atoms with E-state index in [1.54, 1.807) is 13.0 Å². The van der Waals surface area contributed by atoms with Gasteiger partial charge in [-0.25, -0.2) is 4.39 Å². The minimum Gasteiger partial charge on any atom is -0.478 e. The number of nitro benzene ring substituents is 1. The van der Waals surface area contributed by atoms with Crippen LogP contribution in [0.15, 0.2) is 24.3 Å². The summed E-state index contributed by atoms with van der Waals surface area (Å²) in [5, 5.41) is 10.9. The molecular weight excluding hydrogens is 291 g/mol. The van der Waals surface area contributed by atoms with Crippen LogP contribution >= 0.6 is 0 Å². The maximum atomic E-state index is 13.2. The molecular formula is C15H15FN2O4. The van der Waals surface area contributed by atoms with Gasteiger partial charge in [-0.15, -0.1) is 0 Å². The maximum absolute atomic E-state index is 13.2. The van der Waals surface area contributed by atoms with Gasteiger partial charge in [0.1, 0.15) is 5.82 Å². The fraction of sp³-hybridized carbons (Fsp3) is 0.267. The number of aromatic nitrogens is 1. The molecule has 0 saturated heterocycles. The number of nitro groups is 1. The summed E-state index contributed by atoms with van der Waals surface area (Å²) < 4.78 is 20.2. The van der Waals surface area contributed by atoms with E-state index in [1.165, 1.54) is 0 Å². The van der Waals surface area contributed by atoms with Crippen molar-refractivity contribution in [3.63, 3.8) is 0 Å². The maximum Gasteiger partial charge on any atom is 0.311 e. The molecule has 0 saturated carbocycles. The average Bonchev–Trinajstić information content (AvgIpc) is 2.72. The summed E-state index contributed by atoms with van der Waals surface area (Å²) in [6.45, 7) is 3.27. The smallest absolute Gasteiger partial charge is 0.311 e. The molecule has 22 heavy (non-hydrogen) atoms. The fourth-order valence-electron chi connectivity index (χ4n) is 2.11. The second-order valence-electron chi connectivity index (χ2n) is 4.92. The SMILES string of the molecule is Cc1cc(C(=O)COc2cc(F)ccc2[N+](=O)[O-])c(C)n1C. The number of hydrogen-bond acceptors (Lipinski definition) is 4. The Balaban J connectivity index is 2.19. The van der Waals surface area contributed by atoms with Crippen molar-refractivity contribution in [2.75, 3.05) is 6.61 Å². The number of hydrogen-bond donors (Lipinski definition) is 0. The van der Waals surface area contributed by atoms with Gasteiger partial charge in [0.2, 0.25) is 5.78 Å². The summed E-state index contributed by atoms with van der Waals surface area (Å²) >= 11 is 0. The molecule has 0 aliphatic carbocycles. The molecule has 1 heterocycles. The fourth-order valence-corrected chi connectivity index (χ4v) is 2.11. The number of Topliss-reactive ketones (excluding diaryl/α,β-unsaturated/α-hetero) is 1. The van der Waals surface area contributed by atoms with Gasteiger partial charge in [-0.1, -0.05) is 0 Å². The first-order valence-corrected chi connectivity index (χ1v) is 6.54. The zero-order valence-electron chi connectivity index (χ0n) is 12.4. The summed E-state index contributed by atoms with van der Waals surface area (Å²) in [7, 11) is 1.83. The van der Waals surface area contributed by atoms with Gasteiger partial charge < -0.3 is 9.30 Å². The molecule has 0 amide bonds. The number of ketones is 1. The Hall–Kier alpha value is -2.70. The van der Waals surface area contributed by atoms with Crippen molar-refractivity contribution < 1.29 is 18.8 Å². The van der Waals surface area contributed by atoms with E-state index in [1.807, 2.05) is 18.5 Å². The highest BCUT2D eigenvalue weighted by Crippen LogP contribution is 2.27. The van der Waals surface area contributed by atoms with Crippen molar-refractivity contribution >= 4 is 11.5 Å². The first-order chi connectivity index (χ1) is 10.3. The summed E-state index contributed by atoms with van der Waals surface area (Å²) in [5.74, 6) is -1.25. The molecule has 0 atom stereocenters. The molecule has 0 aliphatic heterocycles. The number of halogens is 1. The molecule has 6 nitrogen and oxygen atoms in total. The van der Waals surface area contributed by atoms with E-state index in [0.717, 1.165) is 29.6 Å². The van der Waals surface area contributed by atoms with E-state index >= 15 is 0 Å². The number of ether oxygens (including phenoxy) is 1. The van der Waals surface area contributed by atoms with Crippen LogP contribution in [0.1, 0.15) is 21.7 Å². The van der Waals surface area contributed by atoms with Crippen LogP contribution in [0.2, 0.25) is 0 Å². The molecule has 0 bridgehead atoms. The quantitative estimate of drug-likeness (QED) is 0.483. The molecule has 7 heteroatoms. The van der Waals surface area contributed by atoms with Gasteiger partial charge in [-0.3, -0.25) is 14.9 Å². The van der Waals surface area contributed by atoms with Gasteiger partial charge in [0.15, 0.2) is 12.4 Å². The summed E-state index contributed by atoms with van der Waals surface area (Å²) in [5.41, 5.74) is 1.80. The topological polar surface area (TPSA) is 74.4 Å². The summed E-state index contributed by atoms with van der Waals surface area (Å²) in [6, 6.07) is 4.60. The predicted molar refractivity (Wildman–Crippen MR) is 77.8 cm³/mol. The number of benzene rings is 1. The third-order valence-electron chi connectivity index (χ3n) is 3.55. The van der Waals surface area contributed by atoms with Gasteiger partial charge in [-0.2, -0.15) is 0 Å². The van der Waals surface area contributed by atoms with Crippen LogP contribution in [-0.4, -0.2) is 21.9 Å². The van der Waals surface area contributed by atoms with Crippen molar-refractivity contribution in [2.45, 2.75) is 13.8 Å². The van der Waals surface area contributed by atoms with Crippen LogP contribution in [0, 0.1) is 29.8 Å². The molecule has 0 aliphatic rings. The Morgan fingerprint density at radius 2 is 2.05 bits per heavy atom. The van der Waals surface area contributed by atoms with Crippen molar-refractivity contribution in [1.82, 2.24) is 4.57 Å². The number of carbonyl (C=O) groups excluding carboxylic acids is 1. The van der Waals surface area contributed by atoms with Crippen LogP contribution < -0.4 is 4.74 Å². The highest BCUT2D eigenvalue weighted by Gasteiger charge is 2.19. The van der Waals surface area contributed by atoms with Crippen LogP contribution in [0.3, 0.4) is 0 Å². The Morgan fingerprint density at radius 3 is 2.59 bits per heavy atom. The van der Waals surface area contributed by atoms with Crippen LogP contribution in [-0.2, 0) is 7.05 Å².